The summed E-state index contributed by atoms with van der Waals surface area (Å²) in [4.78, 5) is 41.1. The fraction of sp³-hybridized carbons (Fsp3) is 0.567. The zero-order valence-corrected chi connectivity index (χ0v) is 25.5. The van der Waals surface area contributed by atoms with Gasteiger partial charge in [-0.25, -0.2) is 13.2 Å². The van der Waals surface area contributed by atoms with E-state index < -0.39 is 39.8 Å². The summed E-state index contributed by atoms with van der Waals surface area (Å²) in [7, 11) is -3.57. The van der Waals surface area contributed by atoms with E-state index in [2.05, 4.69) is 16.0 Å². The van der Waals surface area contributed by atoms with Gasteiger partial charge >= 0.3 is 6.03 Å². The number of nitrogens with zero attached hydrogens (tertiary/aromatic N) is 1. The van der Waals surface area contributed by atoms with Crippen LogP contribution in [0.4, 0.5) is 4.79 Å². The first-order chi connectivity index (χ1) is 18.8. The van der Waals surface area contributed by atoms with Gasteiger partial charge in [0.15, 0.2) is 9.84 Å². The van der Waals surface area contributed by atoms with Gasteiger partial charge in [-0.1, -0.05) is 69.7 Å². The number of allylic oxidation sites excluding steroid dienone is 1. The molecule has 3 unspecified atom stereocenters. The second-order valence-corrected chi connectivity index (χ2v) is 13.2. The van der Waals surface area contributed by atoms with Gasteiger partial charge in [0.05, 0.1) is 11.8 Å². The summed E-state index contributed by atoms with van der Waals surface area (Å²) in [5, 5.41) is 9.65. The number of likely N-dealkylation sites (tertiary alicyclic amines) is 1. The van der Waals surface area contributed by atoms with Crippen LogP contribution < -0.4 is 16.0 Å². The Bertz CT molecular complexity index is 1150. The third kappa shape index (κ3) is 11.2. The van der Waals surface area contributed by atoms with E-state index in [9.17, 15) is 22.8 Å². The fourth-order valence-corrected chi connectivity index (χ4v) is 5.61. The molecule has 9 nitrogen and oxygen atoms in total. The first-order valence-corrected chi connectivity index (χ1v) is 15.8. The van der Waals surface area contributed by atoms with E-state index in [1.165, 1.54) is 6.08 Å². The molecule has 1 saturated heterocycles. The molecule has 0 radical (unpaired) electrons. The summed E-state index contributed by atoms with van der Waals surface area (Å²) < 4.78 is 25.4. The van der Waals surface area contributed by atoms with Gasteiger partial charge in [0.2, 0.25) is 11.8 Å². The molecular weight excluding hydrogens is 528 g/mol. The number of sulfone groups is 1. The predicted octanol–water partition coefficient (Wildman–Crippen LogP) is 3.93. The molecule has 1 aromatic carbocycles. The molecular formula is C30H46N4O5S. The van der Waals surface area contributed by atoms with E-state index in [0.29, 0.717) is 18.7 Å². The lowest BCUT2D eigenvalue weighted by Crippen LogP contribution is -2.59. The Morgan fingerprint density at radius 3 is 1.95 bits per heavy atom. The number of amides is 4. The lowest BCUT2D eigenvalue weighted by molar-refractivity contribution is -0.131. The van der Waals surface area contributed by atoms with Gasteiger partial charge in [-0.05, 0) is 56.6 Å². The Labute approximate surface area is 239 Å². The standard InChI is InChI=1S/C30H46N4O5S/c1-21(2)19-25(15-18-40(38,39)20-24-13-9-7-10-14-24)31-28(35)26(22(3)4)32-29(36)27(23(5)6)33-30(37)34-16-11-8-12-17-34/h7,9-10,13-15,18-19,22-23,25-27H,8,11-12,16-17,20H2,1-6H3,(H,31,35)(H,32,36)(H,33,37)/b18-15+. The highest BCUT2D eigenvalue weighted by molar-refractivity contribution is 7.93. The maximum absolute atomic E-state index is 13.4. The molecule has 1 fully saturated rings. The number of rotatable bonds is 12. The molecule has 0 aliphatic carbocycles. The summed E-state index contributed by atoms with van der Waals surface area (Å²) in [6.07, 6.45) is 6.16. The van der Waals surface area contributed by atoms with E-state index in [0.717, 1.165) is 30.2 Å². The summed E-state index contributed by atoms with van der Waals surface area (Å²) >= 11 is 0. The number of carbonyl (C=O) groups excluding carboxylic acids is 3. The first-order valence-electron chi connectivity index (χ1n) is 14.0. The Morgan fingerprint density at radius 2 is 1.40 bits per heavy atom. The number of hydrogen-bond donors (Lipinski definition) is 3. The van der Waals surface area contributed by atoms with Crippen LogP contribution in [-0.2, 0) is 25.2 Å². The van der Waals surface area contributed by atoms with Gasteiger partial charge in [0, 0.05) is 18.5 Å². The fourth-order valence-electron chi connectivity index (χ4n) is 4.45. The molecule has 0 spiro atoms. The number of carbonyl (C=O) groups is 3. The van der Waals surface area contributed by atoms with E-state index in [1.54, 1.807) is 35.2 Å². The van der Waals surface area contributed by atoms with E-state index in [-0.39, 0.29) is 23.6 Å². The van der Waals surface area contributed by atoms with Crippen LogP contribution in [0.25, 0.3) is 0 Å². The van der Waals surface area contributed by atoms with E-state index in [1.807, 2.05) is 47.6 Å². The lowest BCUT2D eigenvalue weighted by Gasteiger charge is -2.31. The second-order valence-electron chi connectivity index (χ2n) is 11.3. The highest BCUT2D eigenvalue weighted by atomic mass is 32.2. The normalized spacial score (nSPS) is 16.4. The van der Waals surface area contributed by atoms with Crippen LogP contribution in [0.2, 0.25) is 0 Å². The van der Waals surface area contributed by atoms with E-state index >= 15 is 0 Å². The van der Waals surface area contributed by atoms with Gasteiger partial charge in [0.1, 0.15) is 12.1 Å². The van der Waals surface area contributed by atoms with Gasteiger partial charge in [-0.3, -0.25) is 9.59 Å². The van der Waals surface area contributed by atoms with Crippen molar-refractivity contribution in [2.45, 2.75) is 84.7 Å². The largest absolute Gasteiger partial charge is 0.345 e. The molecule has 4 amide bonds. The molecule has 1 heterocycles. The Hall–Kier alpha value is -3.14. The third-order valence-corrected chi connectivity index (χ3v) is 7.95. The van der Waals surface area contributed by atoms with Gasteiger partial charge in [0.25, 0.3) is 0 Å². The molecule has 1 aliphatic heterocycles. The van der Waals surface area contributed by atoms with Crippen LogP contribution in [-0.4, -0.2) is 62.4 Å². The van der Waals surface area contributed by atoms with Crippen molar-refractivity contribution < 1.29 is 22.8 Å². The second kappa shape index (κ2) is 15.6. The minimum Gasteiger partial charge on any atom is -0.345 e. The zero-order valence-electron chi connectivity index (χ0n) is 24.6. The first kappa shape index (κ1) is 33.1. The summed E-state index contributed by atoms with van der Waals surface area (Å²) in [5.41, 5.74) is 1.56. The Morgan fingerprint density at radius 1 is 0.850 bits per heavy atom. The Balaban J connectivity index is 2.13. The molecule has 3 N–H and O–H groups in total. The maximum Gasteiger partial charge on any atom is 0.318 e. The molecule has 0 aromatic heterocycles. The van der Waals surface area contributed by atoms with Crippen molar-refractivity contribution in [2.24, 2.45) is 11.8 Å². The van der Waals surface area contributed by atoms with Crippen LogP contribution in [0.5, 0.6) is 0 Å². The third-order valence-electron chi connectivity index (χ3n) is 6.64. The zero-order chi connectivity index (χ0) is 29.9. The summed E-state index contributed by atoms with van der Waals surface area (Å²) in [6, 6.07) is 6.22. The number of urea groups is 1. The number of nitrogens with one attached hydrogen (secondary N) is 3. The van der Waals surface area contributed by atoms with Crippen LogP contribution in [0.3, 0.4) is 0 Å². The topological polar surface area (TPSA) is 125 Å². The van der Waals surface area contributed by atoms with Crippen LogP contribution in [0, 0.1) is 11.8 Å². The van der Waals surface area contributed by atoms with Gasteiger partial charge < -0.3 is 20.9 Å². The minimum atomic E-state index is -3.57. The average Bonchev–Trinajstić information content (AvgIpc) is 2.88. The predicted molar refractivity (Wildman–Crippen MR) is 159 cm³/mol. The maximum atomic E-state index is 13.4. The highest BCUT2D eigenvalue weighted by Crippen LogP contribution is 2.12. The monoisotopic (exact) mass is 574 g/mol. The van der Waals surface area contributed by atoms with Crippen molar-refractivity contribution in [1.82, 2.24) is 20.9 Å². The van der Waals surface area contributed by atoms with Crippen LogP contribution in [0.15, 0.2) is 53.5 Å². The molecule has 40 heavy (non-hydrogen) atoms. The smallest absolute Gasteiger partial charge is 0.318 e. The van der Waals surface area contributed by atoms with Crippen molar-refractivity contribution in [3.05, 3.63) is 59.0 Å². The highest BCUT2D eigenvalue weighted by Gasteiger charge is 2.32. The molecule has 1 aliphatic rings. The molecule has 1 aromatic rings. The molecule has 2 rings (SSSR count). The number of piperidine rings is 1. The molecule has 10 heteroatoms. The molecule has 222 valence electrons. The van der Waals surface area contributed by atoms with Gasteiger partial charge in [-0.2, -0.15) is 0 Å². The SMILES string of the molecule is CC(C)=CC(/C=C/S(=O)(=O)Cc1ccccc1)NC(=O)C(NC(=O)C(NC(=O)N1CCCCC1)C(C)C)C(C)C. The van der Waals surface area contributed by atoms with Crippen LogP contribution in [0.1, 0.15) is 66.4 Å². The molecule has 0 saturated carbocycles. The van der Waals surface area contributed by atoms with Gasteiger partial charge in [-0.15, -0.1) is 0 Å². The summed E-state index contributed by atoms with van der Waals surface area (Å²) in [6.45, 7) is 12.4. The summed E-state index contributed by atoms with van der Waals surface area (Å²) in [5.74, 6) is -1.48. The van der Waals surface area contributed by atoms with Crippen LogP contribution >= 0.6 is 0 Å². The quantitative estimate of drug-likeness (QED) is 0.326. The van der Waals surface area contributed by atoms with Crippen molar-refractivity contribution in [3.63, 3.8) is 0 Å². The minimum absolute atomic E-state index is 0.149. The van der Waals surface area contributed by atoms with E-state index in [4.69, 9.17) is 0 Å². The van der Waals surface area contributed by atoms with Crippen molar-refractivity contribution in [3.8, 4) is 0 Å². The number of hydrogen-bond acceptors (Lipinski definition) is 5. The number of benzene rings is 1. The Kier molecular flexibility index (Phi) is 12.9. The van der Waals surface area contributed by atoms with Crippen molar-refractivity contribution >= 4 is 27.7 Å². The molecule has 0 bridgehead atoms. The average molecular weight is 575 g/mol. The molecule has 3 atom stereocenters. The van der Waals surface area contributed by atoms with Crippen molar-refractivity contribution in [1.29, 1.82) is 0 Å². The lowest BCUT2D eigenvalue weighted by atomic mass is 9.99. The van der Waals surface area contributed by atoms with Crippen molar-refractivity contribution in [2.75, 3.05) is 13.1 Å².